The van der Waals surface area contributed by atoms with Gasteiger partial charge < -0.3 is 5.73 Å². The standard InChI is InChI=1S/C7H4BrFN2/c8-6-4(3-10)1-2-5(9)7(6)11/h1-2H,11H2. The number of hydrogen-bond acceptors (Lipinski definition) is 2. The van der Waals surface area contributed by atoms with Crippen molar-refractivity contribution in [3.63, 3.8) is 0 Å². The van der Waals surface area contributed by atoms with E-state index in [0.29, 0.717) is 10.0 Å². The molecule has 0 heterocycles. The van der Waals surface area contributed by atoms with E-state index in [1.54, 1.807) is 0 Å². The summed E-state index contributed by atoms with van der Waals surface area (Å²) in [7, 11) is 0. The van der Waals surface area contributed by atoms with Crippen molar-refractivity contribution >= 4 is 21.6 Å². The van der Waals surface area contributed by atoms with Gasteiger partial charge in [0.1, 0.15) is 11.9 Å². The van der Waals surface area contributed by atoms with Crippen molar-refractivity contribution in [3.8, 4) is 6.07 Å². The van der Waals surface area contributed by atoms with Gasteiger partial charge in [-0.25, -0.2) is 4.39 Å². The summed E-state index contributed by atoms with van der Waals surface area (Å²) in [5.74, 6) is -0.518. The van der Waals surface area contributed by atoms with E-state index in [-0.39, 0.29) is 5.69 Å². The molecule has 0 spiro atoms. The Morgan fingerprint density at radius 2 is 2.18 bits per heavy atom. The predicted octanol–water partition coefficient (Wildman–Crippen LogP) is 2.04. The van der Waals surface area contributed by atoms with Crippen LogP contribution in [0.25, 0.3) is 0 Å². The summed E-state index contributed by atoms with van der Waals surface area (Å²) in [6.07, 6.45) is 0. The molecule has 1 aromatic rings. The fourth-order valence-corrected chi connectivity index (χ4v) is 1.07. The SMILES string of the molecule is N#Cc1ccc(F)c(N)c1Br. The largest absolute Gasteiger partial charge is 0.395 e. The quantitative estimate of drug-likeness (QED) is 0.673. The molecule has 0 aliphatic carbocycles. The third-order valence-electron chi connectivity index (χ3n) is 1.25. The third-order valence-corrected chi connectivity index (χ3v) is 2.10. The second-order valence-corrected chi connectivity index (χ2v) is 2.73. The van der Waals surface area contributed by atoms with E-state index in [1.807, 2.05) is 6.07 Å². The van der Waals surface area contributed by atoms with Gasteiger partial charge in [-0.1, -0.05) is 0 Å². The molecular formula is C7H4BrFN2. The minimum absolute atomic E-state index is 0.0240. The maximum absolute atomic E-state index is 12.6. The van der Waals surface area contributed by atoms with Crippen LogP contribution in [0.3, 0.4) is 0 Å². The summed E-state index contributed by atoms with van der Waals surface area (Å²) < 4.78 is 13.0. The summed E-state index contributed by atoms with van der Waals surface area (Å²) in [5.41, 5.74) is 5.60. The van der Waals surface area contributed by atoms with Crippen molar-refractivity contribution in [2.75, 3.05) is 5.73 Å². The van der Waals surface area contributed by atoms with E-state index in [1.165, 1.54) is 12.1 Å². The van der Waals surface area contributed by atoms with Crippen molar-refractivity contribution in [3.05, 3.63) is 28.0 Å². The molecule has 0 fully saturated rings. The molecule has 0 atom stereocenters. The van der Waals surface area contributed by atoms with Gasteiger partial charge in [-0.3, -0.25) is 0 Å². The van der Waals surface area contributed by atoms with Crippen molar-refractivity contribution in [1.82, 2.24) is 0 Å². The lowest BCUT2D eigenvalue weighted by Gasteiger charge is -1.99. The number of nitrogens with two attached hydrogens (primary N) is 1. The van der Waals surface area contributed by atoms with Gasteiger partial charge in [0.15, 0.2) is 0 Å². The molecule has 2 N–H and O–H groups in total. The van der Waals surface area contributed by atoms with Gasteiger partial charge in [-0.05, 0) is 28.1 Å². The molecule has 0 aliphatic heterocycles. The Hall–Kier alpha value is -1.08. The number of nitrogen functional groups attached to an aromatic ring is 1. The highest BCUT2D eigenvalue weighted by Gasteiger charge is 2.06. The average molecular weight is 215 g/mol. The third kappa shape index (κ3) is 1.33. The molecule has 11 heavy (non-hydrogen) atoms. The lowest BCUT2D eigenvalue weighted by Crippen LogP contribution is -1.93. The number of benzene rings is 1. The highest BCUT2D eigenvalue weighted by molar-refractivity contribution is 9.10. The summed E-state index contributed by atoms with van der Waals surface area (Å²) in [6, 6.07) is 4.41. The number of rotatable bonds is 0. The molecule has 56 valence electrons. The van der Waals surface area contributed by atoms with Gasteiger partial charge in [0.2, 0.25) is 0 Å². The van der Waals surface area contributed by atoms with E-state index >= 15 is 0 Å². The fraction of sp³-hybridized carbons (Fsp3) is 0. The number of nitrogens with zero attached hydrogens (tertiary/aromatic N) is 1. The van der Waals surface area contributed by atoms with Crippen LogP contribution in [0, 0.1) is 17.1 Å². The van der Waals surface area contributed by atoms with Crippen LogP contribution >= 0.6 is 15.9 Å². The first kappa shape index (κ1) is 8.02. The van der Waals surface area contributed by atoms with Gasteiger partial charge in [0.05, 0.1) is 15.7 Å². The molecule has 2 nitrogen and oxygen atoms in total. The first-order valence-corrected chi connectivity index (χ1v) is 3.59. The van der Waals surface area contributed by atoms with Crippen LogP contribution in [0.4, 0.5) is 10.1 Å². The van der Waals surface area contributed by atoms with Gasteiger partial charge in [0, 0.05) is 0 Å². The number of anilines is 1. The minimum atomic E-state index is -0.518. The summed E-state index contributed by atoms with van der Waals surface area (Å²) in [4.78, 5) is 0. The Labute approximate surface area is 71.6 Å². The van der Waals surface area contributed by atoms with E-state index < -0.39 is 5.82 Å². The van der Waals surface area contributed by atoms with Crippen LogP contribution in [0.15, 0.2) is 16.6 Å². The van der Waals surface area contributed by atoms with E-state index in [0.717, 1.165) is 0 Å². The van der Waals surface area contributed by atoms with Crippen LogP contribution in [0.5, 0.6) is 0 Å². The molecule has 0 radical (unpaired) electrons. The van der Waals surface area contributed by atoms with Crippen LogP contribution in [-0.4, -0.2) is 0 Å². The minimum Gasteiger partial charge on any atom is -0.395 e. The Morgan fingerprint density at radius 3 is 2.73 bits per heavy atom. The van der Waals surface area contributed by atoms with E-state index in [2.05, 4.69) is 15.9 Å². The molecule has 0 saturated carbocycles. The first-order chi connectivity index (χ1) is 5.16. The van der Waals surface area contributed by atoms with Crippen molar-refractivity contribution in [1.29, 1.82) is 5.26 Å². The highest BCUT2D eigenvalue weighted by Crippen LogP contribution is 2.25. The predicted molar refractivity (Wildman–Crippen MR) is 43.2 cm³/mol. The molecule has 0 bridgehead atoms. The molecule has 0 aromatic heterocycles. The lowest BCUT2D eigenvalue weighted by atomic mass is 10.2. The molecule has 1 aromatic carbocycles. The molecule has 0 aliphatic rings. The molecule has 1 rings (SSSR count). The maximum Gasteiger partial charge on any atom is 0.147 e. The topological polar surface area (TPSA) is 49.8 Å². The number of nitriles is 1. The lowest BCUT2D eigenvalue weighted by molar-refractivity contribution is 0.631. The summed E-state index contributed by atoms with van der Waals surface area (Å²) >= 11 is 3.00. The molecule has 0 amide bonds. The zero-order valence-corrected chi connectivity index (χ0v) is 7.02. The van der Waals surface area contributed by atoms with Gasteiger partial charge in [-0.15, -0.1) is 0 Å². The van der Waals surface area contributed by atoms with Crippen LogP contribution < -0.4 is 5.73 Å². The van der Waals surface area contributed by atoms with E-state index in [4.69, 9.17) is 11.0 Å². The number of hydrogen-bond donors (Lipinski definition) is 1. The Balaban J connectivity index is 3.40. The van der Waals surface area contributed by atoms with Crippen LogP contribution in [0.2, 0.25) is 0 Å². The average Bonchev–Trinajstić information content (AvgIpc) is 2.01. The fourth-order valence-electron chi connectivity index (χ4n) is 0.656. The first-order valence-electron chi connectivity index (χ1n) is 2.80. The Morgan fingerprint density at radius 1 is 1.55 bits per heavy atom. The Kier molecular flexibility index (Phi) is 2.11. The maximum atomic E-state index is 12.6. The van der Waals surface area contributed by atoms with E-state index in [9.17, 15) is 4.39 Å². The van der Waals surface area contributed by atoms with Crippen molar-refractivity contribution < 1.29 is 4.39 Å². The summed E-state index contributed by atoms with van der Waals surface area (Å²) in [6.45, 7) is 0. The molecule has 4 heteroatoms. The number of halogens is 2. The second kappa shape index (κ2) is 2.89. The van der Waals surface area contributed by atoms with Gasteiger partial charge in [0.25, 0.3) is 0 Å². The van der Waals surface area contributed by atoms with Crippen LogP contribution in [-0.2, 0) is 0 Å². The molecule has 0 saturated heterocycles. The van der Waals surface area contributed by atoms with Gasteiger partial charge >= 0.3 is 0 Å². The zero-order valence-electron chi connectivity index (χ0n) is 5.44. The van der Waals surface area contributed by atoms with Crippen molar-refractivity contribution in [2.24, 2.45) is 0 Å². The second-order valence-electron chi connectivity index (χ2n) is 1.93. The molecular weight excluding hydrogens is 211 g/mol. The van der Waals surface area contributed by atoms with Gasteiger partial charge in [-0.2, -0.15) is 5.26 Å². The monoisotopic (exact) mass is 214 g/mol. The normalized spacial score (nSPS) is 9.18. The molecule has 0 unspecified atom stereocenters. The van der Waals surface area contributed by atoms with Crippen LogP contribution in [0.1, 0.15) is 5.56 Å². The van der Waals surface area contributed by atoms with Crippen molar-refractivity contribution in [2.45, 2.75) is 0 Å². The summed E-state index contributed by atoms with van der Waals surface area (Å²) in [5, 5.41) is 8.48. The zero-order chi connectivity index (χ0) is 8.43. The Bertz CT molecular complexity index is 330. The highest BCUT2D eigenvalue weighted by atomic mass is 79.9. The smallest absolute Gasteiger partial charge is 0.147 e.